The van der Waals surface area contributed by atoms with Gasteiger partial charge in [0.1, 0.15) is 28.5 Å². The average molecular weight is 612 g/mol. The fourth-order valence-electron chi connectivity index (χ4n) is 4.20. The lowest BCUT2D eigenvalue weighted by atomic mass is 10.0. The molecule has 1 atom stereocenters. The Labute approximate surface area is 243 Å². The Morgan fingerprint density at radius 3 is 2.59 bits per heavy atom. The highest BCUT2D eigenvalue weighted by atomic mass is 35.5. The van der Waals surface area contributed by atoms with Crippen LogP contribution < -0.4 is 10.2 Å². The van der Waals surface area contributed by atoms with Crippen LogP contribution in [0.25, 0.3) is 0 Å². The molecule has 15 heteroatoms. The van der Waals surface area contributed by atoms with E-state index in [9.17, 15) is 22.8 Å². The van der Waals surface area contributed by atoms with Crippen molar-refractivity contribution < 1.29 is 27.5 Å². The molecule has 41 heavy (non-hydrogen) atoms. The maximum Gasteiger partial charge on any atom is 0.418 e. The molecule has 220 valence electrons. The van der Waals surface area contributed by atoms with E-state index < -0.39 is 22.7 Å². The van der Waals surface area contributed by atoms with Crippen LogP contribution in [0.4, 0.5) is 24.8 Å². The number of halogens is 4. The van der Waals surface area contributed by atoms with E-state index in [1.807, 2.05) is 6.92 Å². The van der Waals surface area contributed by atoms with E-state index in [1.54, 1.807) is 13.0 Å². The number of thiazole rings is 1. The van der Waals surface area contributed by atoms with Crippen molar-refractivity contribution in [2.45, 2.75) is 32.4 Å². The van der Waals surface area contributed by atoms with E-state index in [0.29, 0.717) is 35.8 Å². The van der Waals surface area contributed by atoms with Gasteiger partial charge in [-0.25, -0.2) is 19.9 Å². The Kier molecular flexibility index (Phi) is 10.2. The lowest BCUT2D eigenvalue weighted by molar-refractivity contribution is -0.137. The van der Waals surface area contributed by atoms with Gasteiger partial charge in [-0.1, -0.05) is 18.5 Å². The number of rotatable bonds is 11. The van der Waals surface area contributed by atoms with E-state index in [2.05, 4.69) is 35.1 Å². The van der Waals surface area contributed by atoms with Gasteiger partial charge in [0.15, 0.2) is 5.78 Å². The number of aromatic nitrogens is 4. The van der Waals surface area contributed by atoms with Crippen molar-refractivity contribution in [3.63, 3.8) is 0 Å². The van der Waals surface area contributed by atoms with Gasteiger partial charge in [0.25, 0.3) is 5.91 Å². The molecule has 1 saturated heterocycles. The number of amides is 1. The molecule has 0 radical (unpaired) electrons. The zero-order chi connectivity index (χ0) is 29.6. The first kappa shape index (κ1) is 30.8. The van der Waals surface area contributed by atoms with Crippen LogP contribution in [0.2, 0.25) is 5.02 Å². The largest absolute Gasteiger partial charge is 0.418 e. The minimum atomic E-state index is -4.69. The lowest BCUT2D eigenvalue weighted by Gasteiger charge is -2.35. The van der Waals surface area contributed by atoms with Crippen LogP contribution in [0.3, 0.4) is 0 Å². The Bertz CT molecular complexity index is 1370. The van der Waals surface area contributed by atoms with Crippen LogP contribution in [0, 0.1) is 0 Å². The fourth-order valence-corrected chi connectivity index (χ4v) is 5.28. The van der Waals surface area contributed by atoms with Crippen LogP contribution >= 0.6 is 22.9 Å². The molecule has 0 aromatic carbocycles. The molecule has 10 nitrogen and oxygen atoms in total. The summed E-state index contributed by atoms with van der Waals surface area (Å²) in [5.74, 6) is -0.794. The highest BCUT2D eigenvalue weighted by molar-refractivity contribution is 7.13. The predicted molar refractivity (Wildman–Crippen MR) is 149 cm³/mol. The third kappa shape index (κ3) is 8.18. The maximum atomic E-state index is 13.1. The standard InChI is InChI=1S/C26H29ClF3N7O3S/c1-3-40-9-8-36-4-6-37(7-5-36)23-12-19(33-15-34-23)20(38)10-16(2)25-32-14-21(41-25)24(39)35-22-11-17(26(28,29)30)18(27)13-31-22/h11-16H,3-10H2,1-2H3,(H,31,35,39)/t16-/m0/s1. The number of nitrogens with zero attached hydrogens (tertiary/aromatic N) is 6. The first-order chi connectivity index (χ1) is 19.5. The third-order valence-corrected chi connectivity index (χ3v) is 7.98. The van der Waals surface area contributed by atoms with Crippen LogP contribution in [0.5, 0.6) is 0 Å². The van der Waals surface area contributed by atoms with Crippen molar-refractivity contribution >= 4 is 46.3 Å². The number of ether oxygens (including phenoxy) is 1. The topological polar surface area (TPSA) is 113 Å². The first-order valence-electron chi connectivity index (χ1n) is 12.9. The van der Waals surface area contributed by atoms with Crippen LogP contribution in [-0.4, -0.2) is 82.5 Å². The molecule has 0 aliphatic carbocycles. The van der Waals surface area contributed by atoms with Crippen molar-refractivity contribution in [1.82, 2.24) is 24.8 Å². The Morgan fingerprint density at radius 2 is 1.88 bits per heavy atom. The summed E-state index contributed by atoms with van der Waals surface area (Å²) in [7, 11) is 0. The number of carbonyl (C=O) groups is 2. The number of hydrogen-bond acceptors (Lipinski definition) is 10. The molecule has 0 spiro atoms. The van der Waals surface area contributed by atoms with Crippen molar-refractivity contribution in [1.29, 1.82) is 0 Å². The summed E-state index contributed by atoms with van der Waals surface area (Å²) in [4.78, 5) is 46.8. The summed E-state index contributed by atoms with van der Waals surface area (Å²) in [6.45, 7) is 9.36. The second kappa shape index (κ2) is 13.6. The lowest BCUT2D eigenvalue weighted by Crippen LogP contribution is -2.47. The summed E-state index contributed by atoms with van der Waals surface area (Å²) >= 11 is 6.63. The van der Waals surface area contributed by atoms with Gasteiger partial charge < -0.3 is 15.0 Å². The Balaban J connectivity index is 1.33. The summed E-state index contributed by atoms with van der Waals surface area (Å²) < 4.78 is 44.8. The normalized spacial score (nSPS) is 15.1. The number of piperazine rings is 1. The minimum Gasteiger partial charge on any atom is -0.380 e. The van der Waals surface area contributed by atoms with Gasteiger partial charge in [0, 0.05) is 63.9 Å². The molecular weight excluding hydrogens is 583 g/mol. The quantitative estimate of drug-likeness (QED) is 0.242. The van der Waals surface area contributed by atoms with Crippen LogP contribution in [-0.2, 0) is 10.9 Å². The van der Waals surface area contributed by atoms with Gasteiger partial charge in [0.2, 0.25) is 0 Å². The van der Waals surface area contributed by atoms with Crippen molar-refractivity contribution in [3.05, 3.63) is 57.0 Å². The summed E-state index contributed by atoms with van der Waals surface area (Å²) in [6, 6.07) is 2.36. The number of hydrogen-bond donors (Lipinski definition) is 1. The Morgan fingerprint density at radius 1 is 1.12 bits per heavy atom. The molecule has 0 unspecified atom stereocenters. The van der Waals surface area contributed by atoms with Gasteiger partial charge in [-0.15, -0.1) is 11.3 Å². The second-order valence-corrected chi connectivity index (χ2v) is 10.8. The molecule has 1 amide bonds. The summed E-state index contributed by atoms with van der Waals surface area (Å²) in [6.07, 6.45) is -1.07. The van der Waals surface area contributed by atoms with Crippen LogP contribution in [0.15, 0.2) is 30.9 Å². The molecule has 4 rings (SSSR count). The van der Waals surface area contributed by atoms with E-state index in [1.165, 1.54) is 12.5 Å². The zero-order valence-corrected chi connectivity index (χ0v) is 24.0. The number of ketones is 1. The zero-order valence-electron chi connectivity index (χ0n) is 22.4. The molecule has 1 fully saturated rings. The number of nitrogens with one attached hydrogen (secondary N) is 1. The first-order valence-corrected chi connectivity index (χ1v) is 14.1. The third-order valence-electron chi connectivity index (χ3n) is 6.45. The molecule has 1 N–H and O–H groups in total. The molecule has 1 aliphatic heterocycles. The van der Waals surface area contributed by atoms with E-state index >= 15 is 0 Å². The SMILES string of the molecule is CCOCCN1CCN(c2cc(C(=O)C[C@H](C)c3ncc(C(=O)Nc4cc(C(F)(F)F)c(Cl)cn4)s3)ncn2)CC1. The number of anilines is 2. The predicted octanol–water partition coefficient (Wildman–Crippen LogP) is 4.79. The molecular formula is C26H29ClF3N7O3S. The molecule has 1 aliphatic rings. The molecule has 0 bridgehead atoms. The van der Waals surface area contributed by atoms with E-state index in [0.717, 1.165) is 50.3 Å². The summed E-state index contributed by atoms with van der Waals surface area (Å²) in [5.41, 5.74) is -0.807. The van der Waals surface area contributed by atoms with Gasteiger partial charge >= 0.3 is 6.18 Å². The van der Waals surface area contributed by atoms with Gasteiger partial charge in [-0.05, 0) is 13.0 Å². The highest BCUT2D eigenvalue weighted by Crippen LogP contribution is 2.35. The van der Waals surface area contributed by atoms with Crippen molar-refractivity contribution in [3.8, 4) is 0 Å². The van der Waals surface area contributed by atoms with E-state index in [-0.39, 0.29) is 28.8 Å². The number of carbonyl (C=O) groups excluding carboxylic acids is 2. The van der Waals surface area contributed by atoms with Crippen molar-refractivity contribution in [2.75, 3.05) is 56.2 Å². The summed E-state index contributed by atoms with van der Waals surface area (Å²) in [5, 5.41) is 2.29. The molecule has 3 aromatic heterocycles. The molecule has 4 heterocycles. The highest BCUT2D eigenvalue weighted by Gasteiger charge is 2.34. The molecule has 0 saturated carbocycles. The molecule has 3 aromatic rings. The van der Waals surface area contributed by atoms with Gasteiger partial charge in [-0.3, -0.25) is 14.5 Å². The van der Waals surface area contributed by atoms with Crippen LogP contribution in [0.1, 0.15) is 56.9 Å². The number of Topliss-reactive ketones (excluding diaryl/α,β-unsaturated/α-hetero) is 1. The van der Waals surface area contributed by atoms with Gasteiger partial charge in [-0.2, -0.15) is 13.2 Å². The van der Waals surface area contributed by atoms with Gasteiger partial charge in [0.05, 0.1) is 28.4 Å². The van der Waals surface area contributed by atoms with E-state index in [4.69, 9.17) is 16.3 Å². The Hall–Kier alpha value is -3.20. The number of alkyl halides is 3. The maximum absolute atomic E-state index is 13.1. The fraction of sp³-hybridized carbons (Fsp3) is 0.462. The number of pyridine rings is 1. The minimum absolute atomic E-state index is 0.101. The monoisotopic (exact) mass is 611 g/mol. The average Bonchev–Trinajstić information content (AvgIpc) is 3.45. The van der Waals surface area contributed by atoms with Crippen molar-refractivity contribution in [2.24, 2.45) is 0 Å². The smallest absolute Gasteiger partial charge is 0.380 e. The second-order valence-electron chi connectivity index (χ2n) is 9.38.